The maximum atomic E-state index is 4.40. The molecule has 68 valence electrons. The molecule has 0 unspecified atom stereocenters. The molecule has 0 spiro atoms. The number of halogens is 1. The first kappa shape index (κ1) is 10.4. The SMILES string of the molecule is C=C(C)/N=C1/C(I)=CC=C/C1=C/C. The summed E-state index contributed by atoms with van der Waals surface area (Å²) in [6, 6.07) is 0. The molecular weight excluding hydrogens is 273 g/mol. The fourth-order valence-electron chi connectivity index (χ4n) is 1.07. The Morgan fingerprint density at radius 3 is 2.85 bits per heavy atom. The van der Waals surface area contributed by atoms with Gasteiger partial charge in [-0.1, -0.05) is 24.8 Å². The van der Waals surface area contributed by atoms with Crippen LogP contribution in [0.4, 0.5) is 0 Å². The first-order chi connectivity index (χ1) is 6.15. The highest BCUT2D eigenvalue weighted by atomic mass is 127. The fraction of sp³-hybridized carbons (Fsp3) is 0.182. The van der Waals surface area contributed by atoms with Crippen LogP contribution in [0, 0.1) is 0 Å². The van der Waals surface area contributed by atoms with Crippen LogP contribution in [-0.2, 0) is 0 Å². The van der Waals surface area contributed by atoms with Crippen molar-refractivity contribution in [2.45, 2.75) is 13.8 Å². The van der Waals surface area contributed by atoms with Gasteiger partial charge in [0.2, 0.25) is 0 Å². The molecule has 0 atom stereocenters. The van der Waals surface area contributed by atoms with Crippen molar-refractivity contribution >= 4 is 28.3 Å². The molecule has 0 aromatic heterocycles. The molecule has 1 rings (SSSR count). The minimum Gasteiger partial charge on any atom is -0.253 e. The maximum absolute atomic E-state index is 4.40. The third-order valence-electron chi connectivity index (χ3n) is 1.63. The van der Waals surface area contributed by atoms with Gasteiger partial charge in [-0.3, -0.25) is 4.99 Å². The predicted molar refractivity (Wildman–Crippen MR) is 67.2 cm³/mol. The van der Waals surface area contributed by atoms with Crippen molar-refractivity contribution in [3.05, 3.63) is 45.7 Å². The van der Waals surface area contributed by atoms with Crippen molar-refractivity contribution in [3.63, 3.8) is 0 Å². The predicted octanol–water partition coefficient (Wildman–Crippen LogP) is 3.80. The standard InChI is InChI=1S/C11H12IN/c1-4-9-6-5-7-10(12)11(9)13-8(2)3/h4-7H,2H2,1,3H3/b9-4-,13-11+. The number of aliphatic imine (C=N–C) groups is 1. The zero-order chi connectivity index (χ0) is 9.84. The Labute approximate surface area is 92.8 Å². The van der Waals surface area contributed by atoms with Crippen molar-refractivity contribution in [1.82, 2.24) is 0 Å². The van der Waals surface area contributed by atoms with Crippen LogP contribution in [0.25, 0.3) is 0 Å². The van der Waals surface area contributed by atoms with Crippen LogP contribution in [0.5, 0.6) is 0 Å². The quantitative estimate of drug-likeness (QED) is 0.650. The molecular formula is C11H12IN. The van der Waals surface area contributed by atoms with E-state index in [0.717, 1.165) is 20.6 Å². The Bertz CT molecular complexity index is 343. The molecule has 0 amide bonds. The van der Waals surface area contributed by atoms with E-state index in [1.807, 2.05) is 19.9 Å². The largest absolute Gasteiger partial charge is 0.253 e. The van der Waals surface area contributed by atoms with E-state index >= 15 is 0 Å². The molecule has 13 heavy (non-hydrogen) atoms. The van der Waals surface area contributed by atoms with E-state index in [2.05, 4.69) is 52.4 Å². The summed E-state index contributed by atoms with van der Waals surface area (Å²) in [5.41, 5.74) is 3.03. The number of hydrogen-bond donors (Lipinski definition) is 0. The summed E-state index contributed by atoms with van der Waals surface area (Å²) < 4.78 is 1.16. The van der Waals surface area contributed by atoms with Gasteiger partial charge in [0, 0.05) is 9.28 Å². The Kier molecular flexibility index (Phi) is 3.66. The molecule has 0 bridgehead atoms. The zero-order valence-corrected chi connectivity index (χ0v) is 10.00. The van der Waals surface area contributed by atoms with Crippen LogP contribution in [0.3, 0.4) is 0 Å². The second-order valence-electron chi connectivity index (χ2n) is 2.81. The summed E-state index contributed by atoms with van der Waals surface area (Å²) in [6.45, 7) is 7.71. The molecule has 0 saturated heterocycles. The average Bonchev–Trinajstić information content (AvgIpc) is 2.08. The lowest BCUT2D eigenvalue weighted by Crippen LogP contribution is -2.04. The molecule has 0 N–H and O–H groups in total. The molecule has 0 saturated carbocycles. The number of hydrogen-bond acceptors (Lipinski definition) is 1. The van der Waals surface area contributed by atoms with Gasteiger partial charge in [0.05, 0.1) is 5.71 Å². The van der Waals surface area contributed by atoms with E-state index in [1.165, 1.54) is 0 Å². The molecule has 0 aliphatic heterocycles. The summed E-state index contributed by atoms with van der Waals surface area (Å²) in [5, 5.41) is 0. The van der Waals surface area contributed by atoms with E-state index in [0.29, 0.717) is 0 Å². The fourth-order valence-corrected chi connectivity index (χ4v) is 1.71. The third kappa shape index (κ3) is 2.66. The molecule has 0 fully saturated rings. The Balaban J connectivity index is 3.13. The molecule has 1 aliphatic rings. The number of allylic oxidation sites excluding steroid dienone is 7. The highest BCUT2D eigenvalue weighted by molar-refractivity contribution is 14.1. The molecule has 1 nitrogen and oxygen atoms in total. The second-order valence-corrected chi connectivity index (χ2v) is 3.98. The van der Waals surface area contributed by atoms with Gasteiger partial charge in [0.15, 0.2) is 0 Å². The van der Waals surface area contributed by atoms with Crippen LogP contribution in [0.1, 0.15) is 13.8 Å². The third-order valence-corrected chi connectivity index (χ3v) is 2.50. The summed E-state index contributed by atoms with van der Waals surface area (Å²) in [6.07, 6.45) is 8.21. The highest BCUT2D eigenvalue weighted by Gasteiger charge is 2.09. The monoisotopic (exact) mass is 285 g/mol. The lowest BCUT2D eigenvalue weighted by Gasteiger charge is -2.09. The summed E-state index contributed by atoms with van der Waals surface area (Å²) in [7, 11) is 0. The van der Waals surface area contributed by atoms with Crippen LogP contribution >= 0.6 is 22.6 Å². The van der Waals surface area contributed by atoms with Crippen LogP contribution in [-0.4, -0.2) is 5.71 Å². The Morgan fingerprint density at radius 2 is 2.31 bits per heavy atom. The second kappa shape index (κ2) is 4.56. The van der Waals surface area contributed by atoms with Crippen molar-refractivity contribution in [2.75, 3.05) is 0 Å². The molecule has 0 heterocycles. The Morgan fingerprint density at radius 1 is 1.62 bits per heavy atom. The maximum Gasteiger partial charge on any atom is 0.0834 e. The van der Waals surface area contributed by atoms with Gasteiger partial charge in [-0.2, -0.15) is 0 Å². The van der Waals surface area contributed by atoms with Gasteiger partial charge >= 0.3 is 0 Å². The van der Waals surface area contributed by atoms with Crippen molar-refractivity contribution in [2.24, 2.45) is 4.99 Å². The van der Waals surface area contributed by atoms with Crippen LogP contribution in [0.2, 0.25) is 0 Å². The average molecular weight is 285 g/mol. The van der Waals surface area contributed by atoms with Gasteiger partial charge in [0.25, 0.3) is 0 Å². The molecule has 0 aromatic carbocycles. The van der Waals surface area contributed by atoms with E-state index in [-0.39, 0.29) is 0 Å². The van der Waals surface area contributed by atoms with E-state index in [1.54, 1.807) is 0 Å². The molecule has 1 aliphatic carbocycles. The first-order valence-electron chi connectivity index (χ1n) is 4.10. The Hall–Kier alpha value is -0.640. The minimum absolute atomic E-state index is 0.840. The summed E-state index contributed by atoms with van der Waals surface area (Å²) in [4.78, 5) is 4.40. The van der Waals surface area contributed by atoms with Crippen molar-refractivity contribution in [3.8, 4) is 0 Å². The van der Waals surface area contributed by atoms with Crippen molar-refractivity contribution in [1.29, 1.82) is 0 Å². The first-order valence-corrected chi connectivity index (χ1v) is 5.18. The smallest absolute Gasteiger partial charge is 0.0834 e. The number of nitrogens with zero attached hydrogens (tertiary/aromatic N) is 1. The number of rotatable bonds is 1. The minimum atomic E-state index is 0.840. The topological polar surface area (TPSA) is 12.4 Å². The van der Waals surface area contributed by atoms with Crippen molar-refractivity contribution < 1.29 is 0 Å². The van der Waals surface area contributed by atoms with Crippen LogP contribution < -0.4 is 0 Å². The van der Waals surface area contributed by atoms with Gasteiger partial charge in [-0.25, -0.2) is 0 Å². The van der Waals surface area contributed by atoms with E-state index in [9.17, 15) is 0 Å². The van der Waals surface area contributed by atoms with Gasteiger partial charge in [0.1, 0.15) is 0 Å². The zero-order valence-electron chi connectivity index (χ0n) is 7.84. The molecule has 0 radical (unpaired) electrons. The molecule has 0 aromatic rings. The molecule has 2 heteroatoms. The lowest BCUT2D eigenvalue weighted by molar-refractivity contribution is 1.32. The van der Waals surface area contributed by atoms with Gasteiger partial charge in [-0.05, 0) is 48.1 Å². The van der Waals surface area contributed by atoms with Crippen LogP contribution in [0.15, 0.2) is 50.7 Å². The highest BCUT2D eigenvalue weighted by Crippen LogP contribution is 2.21. The summed E-state index contributed by atoms with van der Waals surface area (Å²) in [5.74, 6) is 0. The normalized spacial score (nSPS) is 22.2. The van der Waals surface area contributed by atoms with E-state index in [4.69, 9.17) is 0 Å². The lowest BCUT2D eigenvalue weighted by atomic mass is 10.1. The van der Waals surface area contributed by atoms with Gasteiger partial charge < -0.3 is 0 Å². The van der Waals surface area contributed by atoms with Gasteiger partial charge in [-0.15, -0.1) is 0 Å². The summed E-state index contributed by atoms with van der Waals surface area (Å²) >= 11 is 2.29. The van der Waals surface area contributed by atoms with E-state index < -0.39 is 0 Å².